The highest BCUT2D eigenvalue weighted by molar-refractivity contribution is 6.31. The first kappa shape index (κ1) is 19.5. The third-order valence-electron chi connectivity index (χ3n) is 4.16. The topological polar surface area (TPSA) is 64.1 Å². The van der Waals surface area contributed by atoms with Crippen LogP contribution in [0.1, 0.15) is 10.4 Å². The molecule has 3 aromatic carbocycles. The van der Waals surface area contributed by atoms with Crippen LogP contribution in [0.4, 0.5) is 10.1 Å². The van der Waals surface area contributed by atoms with E-state index in [0.29, 0.717) is 33.6 Å². The minimum atomic E-state index is -0.430. The van der Waals surface area contributed by atoms with E-state index in [1.807, 2.05) is 18.2 Å². The quantitative estimate of drug-likeness (QED) is 0.432. The molecular formula is C23H15ClFN3O2. The Labute approximate surface area is 177 Å². The molecule has 148 valence electrons. The van der Waals surface area contributed by atoms with Crippen LogP contribution >= 0.6 is 11.6 Å². The summed E-state index contributed by atoms with van der Waals surface area (Å²) in [5.41, 5.74) is 1.17. The zero-order chi connectivity index (χ0) is 20.9. The van der Waals surface area contributed by atoms with Crippen LogP contribution in [0.2, 0.25) is 5.02 Å². The second-order valence-electron chi connectivity index (χ2n) is 6.32. The molecule has 0 fully saturated rings. The second kappa shape index (κ2) is 8.71. The molecule has 1 N–H and O–H groups in total. The SMILES string of the molecule is O=C(Nc1cc(Cl)ccc1Oc1ccccc1)c1cnc(-c2cccc(F)c2)nc1. The van der Waals surface area contributed by atoms with E-state index < -0.39 is 5.91 Å². The number of carbonyl (C=O) groups is 1. The molecule has 0 unspecified atom stereocenters. The van der Waals surface area contributed by atoms with Crippen LogP contribution in [-0.2, 0) is 0 Å². The first-order chi connectivity index (χ1) is 14.6. The van der Waals surface area contributed by atoms with Crippen LogP contribution in [0, 0.1) is 5.82 Å². The number of hydrogen-bond acceptors (Lipinski definition) is 4. The van der Waals surface area contributed by atoms with Gasteiger partial charge in [-0.25, -0.2) is 14.4 Å². The molecule has 1 heterocycles. The maximum atomic E-state index is 13.4. The average Bonchev–Trinajstić information content (AvgIpc) is 2.76. The van der Waals surface area contributed by atoms with Gasteiger partial charge in [-0.3, -0.25) is 4.79 Å². The molecule has 0 atom stereocenters. The van der Waals surface area contributed by atoms with Crippen molar-refractivity contribution in [3.63, 3.8) is 0 Å². The van der Waals surface area contributed by atoms with E-state index in [1.165, 1.54) is 24.5 Å². The average molecular weight is 420 g/mol. The number of hydrogen-bond donors (Lipinski definition) is 1. The Morgan fingerprint density at radius 1 is 0.933 bits per heavy atom. The molecule has 0 bridgehead atoms. The summed E-state index contributed by atoms with van der Waals surface area (Å²) < 4.78 is 19.2. The van der Waals surface area contributed by atoms with E-state index in [1.54, 1.807) is 42.5 Å². The lowest BCUT2D eigenvalue weighted by Gasteiger charge is -2.13. The number of ether oxygens (including phenoxy) is 1. The molecule has 0 radical (unpaired) electrons. The molecule has 4 rings (SSSR count). The molecule has 0 spiro atoms. The Hall–Kier alpha value is -3.77. The number of para-hydroxylation sites is 1. The van der Waals surface area contributed by atoms with Gasteiger partial charge in [0.25, 0.3) is 5.91 Å². The standard InChI is InChI=1S/C23H15ClFN3O2/c24-17-9-10-21(30-19-7-2-1-3-8-19)20(12-17)28-23(29)16-13-26-22(27-14-16)15-5-4-6-18(25)11-15/h1-14H,(H,28,29). The fourth-order valence-corrected chi connectivity index (χ4v) is 2.89. The minimum Gasteiger partial charge on any atom is -0.455 e. The molecule has 1 amide bonds. The maximum Gasteiger partial charge on any atom is 0.258 e. The zero-order valence-electron chi connectivity index (χ0n) is 15.5. The van der Waals surface area contributed by atoms with Gasteiger partial charge in [-0.2, -0.15) is 0 Å². The summed E-state index contributed by atoms with van der Waals surface area (Å²) in [6.45, 7) is 0. The molecule has 0 saturated heterocycles. The van der Waals surface area contributed by atoms with Crippen molar-refractivity contribution in [3.05, 3.63) is 102 Å². The smallest absolute Gasteiger partial charge is 0.258 e. The lowest BCUT2D eigenvalue weighted by atomic mass is 10.2. The van der Waals surface area contributed by atoms with Crippen molar-refractivity contribution >= 4 is 23.2 Å². The third kappa shape index (κ3) is 4.61. The van der Waals surface area contributed by atoms with Crippen LogP contribution < -0.4 is 10.1 Å². The fourth-order valence-electron chi connectivity index (χ4n) is 2.72. The Balaban J connectivity index is 1.54. The van der Waals surface area contributed by atoms with E-state index in [2.05, 4.69) is 15.3 Å². The second-order valence-corrected chi connectivity index (χ2v) is 6.75. The number of amides is 1. The molecule has 30 heavy (non-hydrogen) atoms. The highest BCUT2D eigenvalue weighted by atomic mass is 35.5. The van der Waals surface area contributed by atoms with Gasteiger partial charge in [-0.15, -0.1) is 0 Å². The van der Waals surface area contributed by atoms with Gasteiger partial charge in [-0.1, -0.05) is 41.9 Å². The van der Waals surface area contributed by atoms with Gasteiger partial charge in [0.05, 0.1) is 11.3 Å². The molecule has 1 aromatic heterocycles. The van der Waals surface area contributed by atoms with Crippen LogP contribution in [0.15, 0.2) is 85.2 Å². The van der Waals surface area contributed by atoms with Gasteiger partial charge in [-0.05, 0) is 42.5 Å². The van der Waals surface area contributed by atoms with Gasteiger partial charge < -0.3 is 10.1 Å². The molecule has 0 aliphatic heterocycles. The Morgan fingerprint density at radius 2 is 1.70 bits per heavy atom. The lowest BCUT2D eigenvalue weighted by molar-refractivity contribution is 0.102. The highest BCUT2D eigenvalue weighted by Gasteiger charge is 2.13. The summed E-state index contributed by atoms with van der Waals surface area (Å²) >= 11 is 6.09. The van der Waals surface area contributed by atoms with E-state index in [9.17, 15) is 9.18 Å². The van der Waals surface area contributed by atoms with Crippen LogP contribution in [-0.4, -0.2) is 15.9 Å². The monoisotopic (exact) mass is 419 g/mol. The summed E-state index contributed by atoms with van der Waals surface area (Å²) in [7, 11) is 0. The zero-order valence-corrected chi connectivity index (χ0v) is 16.3. The molecular weight excluding hydrogens is 405 g/mol. The number of rotatable bonds is 5. The summed E-state index contributed by atoms with van der Waals surface area (Å²) in [4.78, 5) is 21.0. The Kier molecular flexibility index (Phi) is 5.68. The number of halogens is 2. The van der Waals surface area contributed by atoms with Gasteiger partial charge in [0, 0.05) is 23.0 Å². The number of nitrogens with one attached hydrogen (secondary N) is 1. The molecule has 0 aliphatic rings. The first-order valence-electron chi connectivity index (χ1n) is 9.00. The largest absolute Gasteiger partial charge is 0.455 e. The predicted molar refractivity (Wildman–Crippen MR) is 113 cm³/mol. The van der Waals surface area contributed by atoms with Crippen molar-refractivity contribution in [2.75, 3.05) is 5.32 Å². The normalized spacial score (nSPS) is 10.5. The van der Waals surface area contributed by atoms with E-state index in [-0.39, 0.29) is 11.4 Å². The summed E-state index contributed by atoms with van der Waals surface area (Å²) in [6.07, 6.45) is 2.76. The molecule has 4 aromatic rings. The number of nitrogens with zero attached hydrogens (tertiary/aromatic N) is 2. The van der Waals surface area contributed by atoms with Crippen molar-refractivity contribution < 1.29 is 13.9 Å². The first-order valence-corrected chi connectivity index (χ1v) is 9.38. The predicted octanol–water partition coefficient (Wildman–Crippen LogP) is 5.98. The maximum absolute atomic E-state index is 13.4. The van der Waals surface area contributed by atoms with Crippen molar-refractivity contribution in [1.29, 1.82) is 0 Å². The van der Waals surface area contributed by atoms with Crippen molar-refractivity contribution in [1.82, 2.24) is 9.97 Å². The molecule has 0 aliphatic carbocycles. The minimum absolute atomic E-state index is 0.237. The van der Waals surface area contributed by atoms with Crippen LogP contribution in [0.25, 0.3) is 11.4 Å². The number of benzene rings is 3. The van der Waals surface area contributed by atoms with E-state index in [0.717, 1.165) is 0 Å². The molecule has 7 heteroatoms. The number of carbonyl (C=O) groups excluding carboxylic acids is 1. The highest BCUT2D eigenvalue weighted by Crippen LogP contribution is 2.32. The van der Waals surface area contributed by atoms with Gasteiger partial charge >= 0.3 is 0 Å². The summed E-state index contributed by atoms with van der Waals surface area (Å²) in [5, 5.41) is 3.22. The lowest BCUT2D eigenvalue weighted by Crippen LogP contribution is -2.13. The van der Waals surface area contributed by atoms with Crippen molar-refractivity contribution in [3.8, 4) is 22.9 Å². The van der Waals surface area contributed by atoms with Crippen molar-refractivity contribution in [2.24, 2.45) is 0 Å². The summed E-state index contributed by atoms with van der Waals surface area (Å²) in [5.74, 6) is 0.571. The van der Waals surface area contributed by atoms with Gasteiger partial charge in [0.1, 0.15) is 11.6 Å². The van der Waals surface area contributed by atoms with E-state index in [4.69, 9.17) is 16.3 Å². The van der Waals surface area contributed by atoms with Gasteiger partial charge in [0.15, 0.2) is 11.6 Å². The van der Waals surface area contributed by atoms with Gasteiger partial charge in [0.2, 0.25) is 0 Å². The number of aromatic nitrogens is 2. The summed E-state index contributed by atoms with van der Waals surface area (Å²) in [6, 6.07) is 20.1. The third-order valence-corrected chi connectivity index (χ3v) is 4.39. The van der Waals surface area contributed by atoms with Crippen LogP contribution in [0.5, 0.6) is 11.5 Å². The Bertz CT molecular complexity index is 1180. The molecule has 0 saturated carbocycles. The van der Waals surface area contributed by atoms with E-state index >= 15 is 0 Å². The number of anilines is 1. The van der Waals surface area contributed by atoms with Crippen molar-refractivity contribution in [2.45, 2.75) is 0 Å². The molecule has 5 nitrogen and oxygen atoms in total. The fraction of sp³-hybridized carbons (Fsp3) is 0. The Morgan fingerprint density at radius 3 is 2.43 bits per heavy atom. The van der Waals surface area contributed by atoms with Crippen LogP contribution in [0.3, 0.4) is 0 Å².